The van der Waals surface area contributed by atoms with E-state index in [0.29, 0.717) is 10.7 Å². The van der Waals surface area contributed by atoms with E-state index in [-0.39, 0.29) is 10.7 Å². The Morgan fingerprint density at radius 1 is 1.26 bits per heavy atom. The first-order valence-electron chi connectivity index (χ1n) is 5.39. The van der Waals surface area contributed by atoms with Crippen molar-refractivity contribution in [3.63, 3.8) is 0 Å². The normalized spacial score (nSPS) is 11.3. The number of aryl methyl sites for hydroxylation is 1. The van der Waals surface area contributed by atoms with Gasteiger partial charge in [-0.3, -0.25) is 4.72 Å². The predicted molar refractivity (Wildman–Crippen MR) is 75.6 cm³/mol. The molecule has 0 bridgehead atoms. The third kappa shape index (κ3) is 3.15. The number of halogens is 1. The average Bonchev–Trinajstić information content (AvgIpc) is 2.33. The van der Waals surface area contributed by atoms with Crippen LogP contribution < -0.4 is 10.5 Å². The molecule has 0 saturated carbocycles. The highest BCUT2D eigenvalue weighted by atomic mass is 35.5. The van der Waals surface area contributed by atoms with Crippen LogP contribution in [0.25, 0.3) is 0 Å². The van der Waals surface area contributed by atoms with E-state index in [1.807, 2.05) is 6.92 Å². The van der Waals surface area contributed by atoms with Gasteiger partial charge in [0.25, 0.3) is 10.0 Å². The molecule has 7 heteroatoms. The Hall–Kier alpha value is -1.79. The molecule has 0 atom stereocenters. The number of anilines is 2. The summed E-state index contributed by atoms with van der Waals surface area (Å²) in [6, 6.07) is 7.86. The smallest absolute Gasteiger partial charge is 0.263 e. The van der Waals surface area contributed by atoms with Gasteiger partial charge >= 0.3 is 0 Å². The second-order valence-corrected chi connectivity index (χ2v) is 6.10. The molecule has 3 N–H and O–H groups in total. The van der Waals surface area contributed by atoms with Crippen LogP contribution in [0.3, 0.4) is 0 Å². The molecule has 0 spiro atoms. The van der Waals surface area contributed by atoms with Crippen molar-refractivity contribution in [3.05, 3.63) is 47.1 Å². The van der Waals surface area contributed by atoms with Gasteiger partial charge in [0.15, 0.2) is 0 Å². The summed E-state index contributed by atoms with van der Waals surface area (Å²) >= 11 is 5.99. The van der Waals surface area contributed by atoms with Crippen LogP contribution in [0.1, 0.15) is 5.56 Å². The van der Waals surface area contributed by atoms with Crippen molar-refractivity contribution < 1.29 is 8.42 Å². The molecular formula is C12H12ClN3O2S. The Balaban J connectivity index is 2.33. The molecule has 0 amide bonds. The average molecular weight is 298 g/mol. The zero-order valence-corrected chi connectivity index (χ0v) is 11.7. The summed E-state index contributed by atoms with van der Waals surface area (Å²) in [5.74, 6) is 0.257. The van der Waals surface area contributed by atoms with Gasteiger partial charge in [0.2, 0.25) is 0 Å². The number of nitrogen functional groups attached to an aromatic ring is 1. The standard InChI is InChI=1S/C12H12ClN3O2S/c1-8-2-4-11(10(13)6-8)16-19(17,18)9-3-5-12(14)15-7-9/h2-7,16H,1H3,(H2,14,15). The van der Waals surface area contributed by atoms with Crippen molar-refractivity contribution in [2.24, 2.45) is 0 Å². The lowest BCUT2D eigenvalue weighted by Crippen LogP contribution is -2.13. The van der Waals surface area contributed by atoms with Crippen LogP contribution in [-0.4, -0.2) is 13.4 Å². The number of rotatable bonds is 3. The number of aromatic nitrogens is 1. The molecule has 0 saturated heterocycles. The number of nitrogens with one attached hydrogen (secondary N) is 1. The molecule has 2 rings (SSSR count). The largest absolute Gasteiger partial charge is 0.384 e. The summed E-state index contributed by atoms with van der Waals surface area (Å²) in [4.78, 5) is 3.78. The van der Waals surface area contributed by atoms with Crippen molar-refractivity contribution >= 4 is 33.1 Å². The van der Waals surface area contributed by atoms with Crippen LogP contribution in [0, 0.1) is 6.92 Å². The fourth-order valence-electron chi connectivity index (χ4n) is 1.46. The molecule has 2 aromatic rings. The minimum Gasteiger partial charge on any atom is -0.384 e. The molecule has 0 aliphatic heterocycles. The van der Waals surface area contributed by atoms with E-state index in [2.05, 4.69) is 9.71 Å². The number of nitrogens with zero attached hydrogens (tertiary/aromatic N) is 1. The summed E-state index contributed by atoms with van der Waals surface area (Å²) in [5, 5.41) is 0.340. The quantitative estimate of drug-likeness (QED) is 0.911. The highest BCUT2D eigenvalue weighted by Gasteiger charge is 2.16. The van der Waals surface area contributed by atoms with E-state index < -0.39 is 10.0 Å². The summed E-state index contributed by atoms with van der Waals surface area (Å²) in [7, 11) is -3.72. The molecule has 19 heavy (non-hydrogen) atoms. The maximum atomic E-state index is 12.1. The molecule has 5 nitrogen and oxygen atoms in total. The van der Waals surface area contributed by atoms with E-state index in [1.54, 1.807) is 18.2 Å². The maximum Gasteiger partial charge on any atom is 0.263 e. The zero-order chi connectivity index (χ0) is 14.0. The first-order chi connectivity index (χ1) is 8.88. The highest BCUT2D eigenvalue weighted by Crippen LogP contribution is 2.25. The molecule has 0 radical (unpaired) electrons. The molecule has 0 aliphatic rings. The Morgan fingerprint density at radius 3 is 2.58 bits per heavy atom. The van der Waals surface area contributed by atoms with Crippen molar-refractivity contribution in [3.8, 4) is 0 Å². The predicted octanol–water partition coefficient (Wildman–Crippen LogP) is 2.43. The Labute approximate surface area is 116 Å². The summed E-state index contributed by atoms with van der Waals surface area (Å²) in [6.07, 6.45) is 1.19. The van der Waals surface area contributed by atoms with Crippen LogP contribution in [0.2, 0.25) is 5.02 Å². The van der Waals surface area contributed by atoms with Gasteiger partial charge in [-0.15, -0.1) is 0 Å². The third-order valence-electron chi connectivity index (χ3n) is 2.44. The molecule has 0 fully saturated rings. The van der Waals surface area contributed by atoms with Crippen LogP contribution in [-0.2, 0) is 10.0 Å². The van der Waals surface area contributed by atoms with Gasteiger partial charge in [-0.25, -0.2) is 13.4 Å². The van der Waals surface area contributed by atoms with E-state index in [4.69, 9.17) is 17.3 Å². The highest BCUT2D eigenvalue weighted by molar-refractivity contribution is 7.92. The monoisotopic (exact) mass is 297 g/mol. The molecule has 1 aromatic carbocycles. The number of sulfonamides is 1. The summed E-state index contributed by atoms with van der Waals surface area (Å²) in [6.45, 7) is 1.87. The van der Waals surface area contributed by atoms with Crippen molar-refractivity contribution in [1.29, 1.82) is 0 Å². The van der Waals surface area contributed by atoms with Gasteiger partial charge < -0.3 is 5.73 Å². The van der Waals surface area contributed by atoms with E-state index in [0.717, 1.165) is 5.56 Å². The van der Waals surface area contributed by atoms with E-state index in [1.165, 1.54) is 18.3 Å². The summed E-state index contributed by atoms with van der Waals surface area (Å²) in [5.41, 5.74) is 6.69. The van der Waals surface area contributed by atoms with Gasteiger partial charge in [0.1, 0.15) is 10.7 Å². The van der Waals surface area contributed by atoms with Crippen LogP contribution in [0.15, 0.2) is 41.4 Å². The van der Waals surface area contributed by atoms with Gasteiger partial charge in [-0.2, -0.15) is 0 Å². The van der Waals surface area contributed by atoms with Crippen LogP contribution in [0.5, 0.6) is 0 Å². The number of benzene rings is 1. The molecule has 100 valence electrons. The lowest BCUT2D eigenvalue weighted by Gasteiger charge is -2.10. The second kappa shape index (κ2) is 5.07. The lowest BCUT2D eigenvalue weighted by molar-refractivity contribution is 0.601. The van der Waals surface area contributed by atoms with Crippen molar-refractivity contribution in [1.82, 2.24) is 4.98 Å². The summed E-state index contributed by atoms with van der Waals surface area (Å²) < 4.78 is 26.6. The maximum absolute atomic E-state index is 12.1. The van der Waals surface area contributed by atoms with Gasteiger partial charge in [-0.1, -0.05) is 17.7 Å². The number of hydrogen-bond donors (Lipinski definition) is 2. The lowest BCUT2D eigenvalue weighted by atomic mass is 10.2. The Bertz CT molecular complexity index is 699. The zero-order valence-electron chi connectivity index (χ0n) is 10.1. The number of pyridine rings is 1. The van der Waals surface area contributed by atoms with Gasteiger partial charge in [0, 0.05) is 6.20 Å². The SMILES string of the molecule is Cc1ccc(NS(=O)(=O)c2ccc(N)nc2)c(Cl)c1. The fraction of sp³-hybridized carbons (Fsp3) is 0.0833. The van der Waals surface area contributed by atoms with Gasteiger partial charge in [-0.05, 0) is 36.8 Å². The molecular weight excluding hydrogens is 286 g/mol. The number of nitrogens with two attached hydrogens (primary N) is 1. The Kier molecular flexibility index (Phi) is 3.64. The minimum absolute atomic E-state index is 0.0262. The fourth-order valence-corrected chi connectivity index (χ4v) is 2.82. The first-order valence-corrected chi connectivity index (χ1v) is 7.25. The van der Waals surface area contributed by atoms with E-state index in [9.17, 15) is 8.42 Å². The van der Waals surface area contributed by atoms with Crippen LogP contribution >= 0.6 is 11.6 Å². The first kappa shape index (κ1) is 13.6. The number of hydrogen-bond acceptors (Lipinski definition) is 4. The second-order valence-electron chi connectivity index (χ2n) is 4.01. The molecule has 0 unspecified atom stereocenters. The topological polar surface area (TPSA) is 85.1 Å². The third-order valence-corrected chi connectivity index (χ3v) is 4.10. The molecule has 1 heterocycles. The van der Waals surface area contributed by atoms with Crippen molar-refractivity contribution in [2.75, 3.05) is 10.5 Å². The van der Waals surface area contributed by atoms with Gasteiger partial charge in [0.05, 0.1) is 10.7 Å². The van der Waals surface area contributed by atoms with E-state index >= 15 is 0 Å². The molecule has 1 aromatic heterocycles. The van der Waals surface area contributed by atoms with Crippen LogP contribution in [0.4, 0.5) is 11.5 Å². The molecule has 0 aliphatic carbocycles. The van der Waals surface area contributed by atoms with Crippen molar-refractivity contribution in [2.45, 2.75) is 11.8 Å². The minimum atomic E-state index is -3.72. The Morgan fingerprint density at radius 2 is 2.00 bits per heavy atom.